The molecule has 7 aliphatic rings. The highest BCUT2D eigenvalue weighted by atomic mass is 16.5. The normalized spacial score (nSPS) is 23.1. The third kappa shape index (κ3) is 7.19. The number of hydrogen-bond donors (Lipinski definition) is 3. The van der Waals surface area contributed by atoms with Gasteiger partial charge in [-0.2, -0.15) is 5.10 Å². The van der Waals surface area contributed by atoms with Crippen LogP contribution < -0.4 is 20.4 Å². The van der Waals surface area contributed by atoms with E-state index in [0.717, 1.165) is 91.5 Å². The zero-order valence-electron chi connectivity index (χ0n) is 34.5. The molecule has 7 aliphatic heterocycles. The summed E-state index contributed by atoms with van der Waals surface area (Å²) in [6.45, 7) is 5.39. The molecule has 6 amide bonds. The molecule has 5 fully saturated rings. The van der Waals surface area contributed by atoms with Gasteiger partial charge >= 0.3 is 0 Å². The summed E-state index contributed by atoms with van der Waals surface area (Å²) in [6.07, 6.45) is 3.84. The number of carbonyl (C=O) groups is 6. The molecule has 5 saturated heterocycles. The number of H-pyrrole nitrogens is 1. The fraction of sp³-hybridized carbons (Fsp3) is 0.413. The van der Waals surface area contributed by atoms with E-state index >= 15 is 0 Å². The maximum atomic E-state index is 13.5. The van der Waals surface area contributed by atoms with Gasteiger partial charge in [0.25, 0.3) is 23.6 Å². The minimum absolute atomic E-state index is 0.0904. The number of aromatic amines is 1. The van der Waals surface area contributed by atoms with E-state index in [1.54, 1.807) is 11.0 Å². The third-order valence-corrected chi connectivity index (χ3v) is 13.8. The lowest BCUT2D eigenvalue weighted by atomic mass is 9.87. The minimum Gasteiger partial charge on any atom is -0.372 e. The average Bonchev–Trinajstić information content (AvgIpc) is 3.96. The van der Waals surface area contributed by atoms with Crippen LogP contribution >= 0.6 is 0 Å². The monoisotopic (exact) mass is 839 g/mol. The highest BCUT2D eigenvalue weighted by Gasteiger charge is 2.46. The van der Waals surface area contributed by atoms with E-state index in [4.69, 9.17) is 4.74 Å². The Bertz CT molecular complexity index is 2450. The van der Waals surface area contributed by atoms with E-state index < -0.39 is 35.8 Å². The number of carbonyl (C=O) groups excluding carboxylic acids is 6. The highest BCUT2D eigenvalue weighted by Crippen LogP contribution is 2.38. The van der Waals surface area contributed by atoms with Gasteiger partial charge in [0.15, 0.2) is 11.9 Å². The Labute approximate surface area is 358 Å². The molecule has 11 rings (SSSR count). The zero-order valence-corrected chi connectivity index (χ0v) is 34.5. The van der Waals surface area contributed by atoms with Crippen LogP contribution in [-0.4, -0.2) is 118 Å². The number of rotatable bonds is 10. The van der Waals surface area contributed by atoms with Gasteiger partial charge in [0.2, 0.25) is 11.8 Å². The number of methoxy groups -OCH3 is 1. The number of piperazine rings is 1. The largest absolute Gasteiger partial charge is 0.372 e. The molecule has 0 spiro atoms. The molecule has 3 aromatic carbocycles. The van der Waals surface area contributed by atoms with Gasteiger partial charge in [0.1, 0.15) is 6.04 Å². The molecular formula is C46H49N9O7. The van der Waals surface area contributed by atoms with Gasteiger partial charge in [-0.15, -0.1) is 0 Å². The number of amides is 6. The van der Waals surface area contributed by atoms with Crippen LogP contribution in [0.3, 0.4) is 0 Å². The van der Waals surface area contributed by atoms with Gasteiger partial charge in [-0.25, -0.2) is 0 Å². The van der Waals surface area contributed by atoms with Crippen LogP contribution in [0.4, 0.5) is 17.2 Å². The van der Waals surface area contributed by atoms with Gasteiger partial charge in [0, 0.05) is 80.8 Å². The molecule has 8 heterocycles. The van der Waals surface area contributed by atoms with E-state index in [1.165, 1.54) is 7.11 Å². The molecular weight excluding hydrogens is 791 g/mol. The number of ether oxygens (including phenoxy) is 1. The van der Waals surface area contributed by atoms with Crippen molar-refractivity contribution in [2.75, 3.05) is 55.0 Å². The molecule has 320 valence electrons. The average molecular weight is 840 g/mol. The lowest BCUT2D eigenvalue weighted by Gasteiger charge is -2.53. The van der Waals surface area contributed by atoms with Crippen LogP contribution in [0.2, 0.25) is 0 Å². The standard InChI is InChI=1S/C46H49N9O7/c1-62-40(28-5-3-2-4-6-28)46(61)53-25-36-37(26-53)49-50-41(36)48-42(57)29-7-9-30(10-8-29)51-19-17-27(18-20-51)22-52-23-33-12-11-32(52)24-54(33)31-13-14-34-35(21-31)45(60)55(44(34)59)38-15-16-39(56)47-43(38)58/h2-10,13-14,21,27,32-33,38,40H,11-12,15-20,22-26H2,1H3,(H,47,56,58)(H2,48,49,50,57)/t32?,33?,38?,40-/m1/s1. The summed E-state index contributed by atoms with van der Waals surface area (Å²) in [6, 6.07) is 22.3. The first-order valence-electron chi connectivity index (χ1n) is 21.6. The van der Waals surface area contributed by atoms with Crippen molar-refractivity contribution in [2.45, 2.75) is 75.8 Å². The maximum Gasteiger partial charge on any atom is 0.262 e. The Morgan fingerprint density at radius 3 is 2.31 bits per heavy atom. The minimum atomic E-state index is -0.977. The maximum absolute atomic E-state index is 13.5. The topological polar surface area (TPSA) is 181 Å². The molecule has 2 bridgehead atoms. The number of hydrogen-bond acceptors (Lipinski definition) is 11. The highest BCUT2D eigenvalue weighted by molar-refractivity contribution is 6.23. The van der Waals surface area contributed by atoms with Crippen LogP contribution in [0.5, 0.6) is 0 Å². The Morgan fingerprint density at radius 2 is 1.58 bits per heavy atom. The van der Waals surface area contributed by atoms with Crippen LogP contribution in [0.15, 0.2) is 72.8 Å². The van der Waals surface area contributed by atoms with Crippen molar-refractivity contribution in [3.05, 3.63) is 106 Å². The van der Waals surface area contributed by atoms with Gasteiger partial charge in [-0.1, -0.05) is 30.3 Å². The smallest absolute Gasteiger partial charge is 0.262 e. The van der Waals surface area contributed by atoms with Gasteiger partial charge in [-0.05, 0) is 86.1 Å². The molecule has 0 saturated carbocycles. The summed E-state index contributed by atoms with van der Waals surface area (Å²) >= 11 is 0. The summed E-state index contributed by atoms with van der Waals surface area (Å²) in [5.74, 6) is -1.37. The SMILES string of the molecule is CO[C@@H](C(=O)N1Cc2[nH]nc(NC(=O)c3ccc(N4CCC(CN5CC6CCC5CN6c5ccc6c(c5)C(=O)N(C5CCC(=O)NC5=O)C6=O)CC4)cc3)c2C1)c1ccccc1. The Balaban J connectivity index is 0.703. The number of anilines is 3. The predicted octanol–water partition coefficient (Wildman–Crippen LogP) is 3.86. The van der Waals surface area contributed by atoms with Crippen molar-refractivity contribution < 1.29 is 33.5 Å². The van der Waals surface area contributed by atoms with Crippen LogP contribution in [0.25, 0.3) is 0 Å². The van der Waals surface area contributed by atoms with Gasteiger partial charge in [0.05, 0.1) is 29.9 Å². The summed E-state index contributed by atoms with van der Waals surface area (Å²) in [5, 5.41) is 12.5. The van der Waals surface area contributed by atoms with Gasteiger partial charge in [-0.3, -0.25) is 49.0 Å². The van der Waals surface area contributed by atoms with E-state index in [9.17, 15) is 28.8 Å². The summed E-state index contributed by atoms with van der Waals surface area (Å²) < 4.78 is 5.56. The molecule has 16 heteroatoms. The first-order valence-corrected chi connectivity index (χ1v) is 21.6. The van der Waals surface area contributed by atoms with Crippen LogP contribution in [0.1, 0.15) is 92.5 Å². The van der Waals surface area contributed by atoms with Crippen LogP contribution in [-0.2, 0) is 32.2 Å². The molecule has 1 aromatic heterocycles. The molecule has 4 atom stereocenters. The lowest BCUT2D eigenvalue weighted by molar-refractivity contribution is -0.143. The van der Waals surface area contributed by atoms with Crippen molar-refractivity contribution in [3.63, 3.8) is 0 Å². The van der Waals surface area contributed by atoms with Crippen molar-refractivity contribution in [3.8, 4) is 0 Å². The van der Waals surface area contributed by atoms with Crippen molar-refractivity contribution in [1.29, 1.82) is 0 Å². The fourth-order valence-electron chi connectivity index (χ4n) is 10.4. The van der Waals surface area contributed by atoms with E-state index in [1.807, 2.05) is 66.7 Å². The van der Waals surface area contributed by atoms with E-state index in [-0.39, 0.29) is 24.7 Å². The molecule has 0 aliphatic carbocycles. The first-order chi connectivity index (χ1) is 30.1. The molecule has 3 N–H and O–H groups in total. The third-order valence-electron chi connectivity index (χ3n) is 13.8. The first kappa shape index (κ1) is 39.7. The predicted molar refractivity (Wildman–Crippen MR) is 227 cm³/mol. The number of benzene rings is 3. The van der Waals surface area contributed by atoms with Crippen molar-refractivity contribution >= 4 is 52.6 Å². The van der Waals surface area contributed by atoms with Gasteiger partial charge < -0.3 is 24.8 Å². The number of nitrogens with one attached hydrogen (secondary N) is 3. The lowest BCUT2D eigenvalue weighted by Crippen LogP contribution is -2.63. The number of imide groups is 2. The Kier molecular flexibility index (Phi) is 10.3. The van der Waals surface area contributed by atoms with Crippen molar-refractivity contribution in [1.82, 2.24) is 30.2 Å². The molecule has 0 radical (unpaired) electrons. The Hall–Kier alpha value is -6.39. The number of nitrogens with zero attached hydrogens (tertiary/aromatic N) is 6. The quantitative estimate of drug-likeness (QED) is 0.198. The zero-order chi connectivity index (χ0) is 42.6. The second kappa shape index (κ2) is 16.1. The molecule has 62 heavy (non-hydrogen) atoms. The molecule has 3 unspecified atom stereocenters. The molecule has 16 nitrogen and oxygen atoms in total. The summed E-state index contributed by atoms with van der Waals surface area (Å²) in [7, 11) is 1.53. The number of aromatic nitrogens is 2. The van der Waals surface area contributed by atoms with E-state index in [0.29, 0.717) is 53.6 Å². The second-order valence-electron chi connectivity index (χ2n) is 17.3. The number of piperidine rings is 4. The molecule has 4 aromatic rings. The van der Waals surface area contributed by atoms with Crippen LogP contribution in [0, 0.1) is 5.92 Å². The van der Waals surface area contributed by atoms with E-state index in [2.05, 4.69) is 35.5 Å². The summed E-state index contributed by atoms with van der Waals surface area (Å²) in [5.41, 5.74) is 5.53. The summed E-state index contributed by atoms with van der Waals surface area (Å²) in [4.78, 5) is 87.9. The fourth-order valence-corrected chi connectivity index (χ4v) is 10.4. The Morgan fingerprint density at radius 1 is 0.839 bits per heavy atom. The number of fused-ring (bicyclic) bond motifs is 5. The van der Waals surface area contributed by atoms with Crippen molar-refractivity contribution in [2.24, 2.45) is 5.92 Å². The second-order valence-corrected chi connectivity index (χ2v) is 17.3.